The predicted molar refractivity (Wildman–Crippen MR) is 30.4 cm³/mol. The van der Waals surface area contributed by atoms with Gasteiger partial charge in [0.2, 0.25) is 0 Å². The molecule has 0 amide bonds. The van der Waals surface area contributed by atoms with Gasteiger partial charge in [-0.15, -0.1) is 0 Å². The largest absolute Gasteiger partial charge is 0.263 e. The topological polar surface area (TPSA) is 41.6 Å². The smallest absolute Gasteiger partial charge is 0.137 e. The van der Waals surface area contributed by atoms with Crippen LogP contribution in [0.3, 0.4) is 0 Å². The predicted octanol–water partition coefficient (Wildman–Crippen LogP) is 0.757. The fraction of sp³-hybridized carbons (Fsp3) is 0.600. The summed E-state index contributed by atoms with van der Waals surface area (Å²) in [6, 6.07) is 0. The molecule has 0 aromatic carbocycles. The summed E-state index contributed by atoms with van der Waals surface area (Å²) in [6.07, 6.45) is 3.65. The highest BCUT2D eigenvalue weighted by Gasteiger charge is 1.88. The molecule has 0 unspecified atom stereocenters. The molecule has 0 aliphatic heterocycles. The Labute approximate surface area is 48.1 Å². The molecule has 0 atom stereocenters. The van der Waals surface area contributed by atoms with Gasteiger partial charge in [0.15, 0.2) is 0 Å². The van der Waals surface area contributed by atoms with Crippen molar-refractivity contribution in [1.82, 2.24) is 15.2 Å². The molecule has 1 aromatic heterocycles. The molecule has 1 rings (SSSR count). The van der Waals surface area contributed by atoms with Gasteiger partial charge >= 0.3 is 0 Å². The third-order valence-corrected chi connectivity index (χ3v) is 0.952. The van der Waals surface area contributed by atoms with Crippen LogP contribution in [0, 0.1) is 0 Å². The zero-order valence-electron chi connectivity index (χ0n) is 4.89. The van der Waals surface area contributed by atoms with E-state index < -0.39 is 0 Å². The number of hydrogen-bond donors (Lipinski definition) is 1. The maximum absolute atomic E-state index is 3.94. The molecule has 0 fully saturated rings. The van der Waals surface area contributed by atoms with Crippen LogP contribution in [0.2, 0.25) is 0 Å². The lowest BCUT2D eigenvalue weighted by molar-refractivity contribution is 0.841. The van der Waals surface area contributed by atoms with Gasteiger partial charge in [-0.2, -0.15) is 5.10 Å². The lowest BCUT2D eigenvalue weighted by atomic mass is 10.3. The van der Waals surface area contributed by atoms with Crippen LogP contribution in [0.1, 0.15) is 19.2 Å². The van der Waals surface area contributed by atoms with Crippen molar-refractivity contribution in [1.29, 1.82) is 0 Å². The van der Waals surface area contributed by atoms with Crippen molar-refractivity contribution in [3.05, 3.63) is 12.2 Å². The molecule has 3 heteroatoms. The van der Waals surface area contributed by atoms with Gasteiger partial charge in [0.05, 0.1) is 0 Å². The summed E-state index contributed by atoms with van der Waals surface area (Å²) >= 11 is 0. The molecule has 44 valence electrons. The van der Waals surface area contributed by atoms with Crippen molar-refractivity contribution in [2.75, 3.05) is 0 Å². The minimum Gasteiger partial charge on any atom is -0.263 e. The Kier molecular flexibility index (Phi) is 1.62. The third kappa shape index (κ3) is 1.05. The molecule has 0 aliphatic rings. The van der Waals surface area contributed by atoms with Gasteiger partial charge < -0.3 is 0 Å². The normalized spacial score (nSPS) is 9.62. The Bertz CT molecular complexity index is 133. The molecule has 0 bridgehead atoms. The van der Waals surface area contributed by atoms with Gasteiger partial charge in [0.1, 0.15) is 12.2 Å². The molecule has 0 aliphatic carbocycles. The highest BCUT2D eigenvalue weighted by molar-refractivity contribution is 4.78. The van der Waals surface area contributed by atoms with Crippen LogP contribution in [0.15, 0.2) is 6.33 Å². The van der Waals surface area contributed by atoms with E-state index in [1.165, 1.54) is 6.33 Å². The van der Waals surface area contributed by atoms with Crippen LogP contribution in [-0.4, -0.2) is 15.2 Å². The molecule has 3 nitrogen and oxygen atoms in total. The van der Waals surface area contributed by atoms with E-state index in [9.17, 15) is 0 Å². The molecule has 1 aromatic rings. The molecule has 0 saturated carbocycles. The average molecular weight is 111 g/mol. The van der Waals surface area contributed by atoms with Crippen LogP contribution in [0.25, 0.3) is 0 Å². The number of aromatic amines is 1. The van der Waals surface area contributed by atoms with E-state index in [1.54, 1.807) is 0 Å². The first kappa shape index (κ1) is 5.28. The first-order chi connectivity index (χ1) is 3.93. The minimum atomic E-state index is 0.979. The number of aromatic nitrogens is 3. The van der Waals surface area contributed by atoms with Gasteiger partial charge in [0.25, 0.3) is 0 Å². The van der Waals surface area contributed by atoms with Crippen LogP contribution < -0.4 is 0 Å². The summed E-state index contributed by atoms with van der Waals surface area (Å²) in [6.45, 7) is 2.11. The van der Waals surface area contributed by atoms with Crippen molar-refractivity contribution in [3.63, 3.8) is 0 Å². The maximum atomic E-state index is 3.94. The summed E-state index contributed by atoms with van der Waals surface area (Å²) in [5.74, 6) is 0.979. The van der Waals surface area contributed by atoms with E-state index in [-0.39, 0.29) is 0 Å². The molecule has 0 spiro atoms. The second kappa shape index (κ2) is 2.45. The lowest BCUT2D eigenvalue weighted by Gasteiger charge is -1.84. The zero-order valence-corrected chi connectivity index (χ0v) is 4.89. The van der Waals surface area contributed by atoms with Gasteiger partial charge in [-0.25, -0.2) is 4.98 Å². The average Bonchev–Trinajstić information content (AvgIpc) is 2.19. The van der Waals surface area contributed by atoms with Crippen molar-refractivity contribution >= 4 is 0 Å². The summed E-state index contributed by atoms with van der Waals surface area (Å²) < 4.78 is 0. The van der Waals surface area contributed by atoms with Crippen molar-refractivity contribution in [3.8, 4) is 0 Å². The number of nitrogens with zero attached hydrogens (tertiary/aromatic N) is 2. The van der Waals surface area contributed by atoms with Crippen LogP contribution in [0.5, 0.6) is 0 Å². The lowest BCUT2D eigenvalue weighted by Crippen LogP contribution is -1.84. The quantitative estimate of drug-likeness (QED) is 0.612. The standard InChI is InChI=1S/C5H9N3/c1-2-3-5-6-4-7-8-5/h4H,2-3H2,1H3,(H,6,7,8). The van der Waals surface area contributed by atoms with Gasteiger partial charge in [-0.05, 0) is 6.42 Å². The minimum absolute atomic E-state index is 0.979. The number of rotatable bonds is 2. The highest BCUT2D eigenvalue weighted by Crippen LogP contribution is 1.89. The van der Waals surface area contributed by atoms with Crippen molar-refractivity contribution in [2.45, 2.75) is 19.8 Å². The summed E-state index contributed by atoms with van der Waals surface area (Å²) in [5, 5.41) is 6.48. The van der Waals surface area contributed by atoms with E-state index in [0.717, 1.165) is 18.7 Å². The number of aryl methyl sites for hydroxylation is 1. The Hall–Kier alpha value is -0.860. The second-order valence-corrected chi connectivity index (χ2v) is 1.68. The molecule has 1 N–H and O–H groups in total. The number of nitrogens with one attached hydrogen (secondary N) is 1. The Balaban J connectivity index is 2.50. The maximum Gasteiger partial charge on any atom is 0.137 e. The van der Waals surface area contributed by atoms with Crippen LogP contribution in [0.4, 0.5) is 0 Å². The van der Waals surface area contributed by atoms with E-state index in [4.69, 9.17) is 0 Å². The van der Waals surface area contributed by atoms with E-state index in [0.29, 0.717) is 0 Å². The molecular formula is C5H9N3. The highest BCUT2D eigenvalue weighted by atomic mass is 15.2. The third-order valence-electron chi connectivity index (χ3n) is 0.952. The number of H-pyrrole nitrogens is 1. The summed E-state index contributed by atoms with van der Waals surface area (Å²) in [5.41, 5.74) is 0. The van der Waals surface area contributed by atoms with Crippen molar-refractivity contribution in [2.24, 2.45) is 0 Å². The fourth-order valence-electron chi connectivity index (χ4n) is 0.588. The molecule has 0 radical (unpaired) electrons. The number of hydrogen-bond acceptors (Lipinski definition) is 2. The van der Waals surface area contributed by atoms with Crippen LogP contribution >= 0.6 is 0 Å². The Morgan fingerprint density at radius 3 is 3.12 bits per heavy atom. The zero-order chi connectivity index (χ0) is 5.82. The van der Waals surface area contributed by atoms with Gasteiger partial charge in [0, 0.05) is 6.42 Å². The molecular weight excluding hydrogens is 102 g/mol. The Morgan fingerprint density at radius 1 is 1.75 bits per heavy atom. The fourth-order valence-corrected chi connectivity index (χ4v) is 0.588. The molecule has 8 heavy (non-hydrogen) atoms. The van der Waals surface area contributed by atoms with E-state index in [2.05, 4.69) is 22.1 Å². The SMILES string of the molecule is CCCc1ncn[nH]1. The van der Waals surface area contributed by atoms with Gasteiger partial charge in [-0.3, -0.25) is 5.10 Å². The second-order valence-electron chi connectivity index (χ2n) is 1.68. The summed E-state index contributed by atoms with van der Waals surface area (Å²) in [7, 11) is 0. The molecule has 0 saturated heterocycles. The molecule has 1 heterocycles. The van der Waals surface area contributed by atoms with Crippen molar-refractivity contribution < 1.29 is 0 Å². The van der Waals surface area contributed by atoms with E-state index >= 15 is 0 Å². The Morgan fingerprint density at radius 2 is 2.62 bits per heavy atom. The van der Waals surface area contributed by atoms with E-state index in [1.807, 2.05) is 0 Å². The summed E-state index contributed by atoms with van der Waals surface area (Å²) in [4.78, 5) is 3.94. The first-order valence-corrected chi connectivity index (χ1v) is 2.77. The monoisotopic (exact) mass is 111 g/mol. The first-order valence-electron chi connectivity index (χ1n) is 2.77. The van der Waals surface area contributed by atoms with Crippen LogP contribution in [-0.2, 0) is 6.42 Å². The van der Waals surface area contributed by atoms with Gasteiger partial charge in [-0.1, -0.05) is 6.92 Å².